The van der Waals surface area contributed by atoms with Crippen LogP contribution in [-0.4, -0.2) is 38.4 Å². The molecule has 0 spiro atoms. The molecule has 17 heavy (non-hydrogen) atoms. The zero-order chi connectivity index (χ0) is 12.1. The first kappa shape index (κ1) is 12.8. The Balaban J connectivity index is 1.57. The zero-order valence-corrected chi connectivity index (χ0v) is 10.7. The van der Waals surface area contributed by atoms with Gasteiger partial charge in [0.1, 0.15) is 0 Å². The number of carbonyl (C=O) groups excluding carboxylic acids is 1. The van der Waals surface area contributed by atoms with Crippen LogP contribution < -0.4 is 5.32 Å². The van der Waals surface area contributed by atoms with Crippen LogP contribution in [0.2, 0.25) is 0 Å². The summed E-state index contributed by atoms with van der Waals surface area (Å²) in [7, 11) is 0. The second-order valence-corrected chi connectivity index (χ2v) is 5.61. The molecule has 1 atom stereocenters. The van der Waals surface area contributed by atoms with Crippen LogP contribution in [-0.2, 0) is 14.3 Å². The van der Waals surface area contributed by atoms with Gasteiger partial charge in [-0.2, -0.15) is 0 Å². The van der Waals surface area contributed by atoms with E-state index in [0.29, 0.717) is 12.5 Å². The standard InChI is InChI=1S/C13H23NO3/c1-13(9-16-10-13)8-14-12(15)6-5-11-4-2-3-7-17-11/h11H,2-10H2,1H3,(H,14,15). The topological polar surface area (TPSA) is 47.6 Å². The SMILES string of the molecule is CC1(CNC(=O)CCC2CCCCO2)COC1. The maximum Gasteiger partial charge on any atom is 0.220 e. The predicted octanol–water partition coefficient (Wildman–Crippen LogP) is 1.49. The highest BCUT2D eigenvalue weighted by molar-refractivity contribution is 5.75. The molecular formula is C13H23NO3. The number of amides is 1. The molecule has 4 heteroatoms. The summed E-state index contributed by atoms with van der Waals surface area (Å²) < 4.78 is 10.8. The lowest BCUT2D eigenvalue weighted by Crippen LogP contribution is -2.48. The number of carbonyl (C=O) groups is 1. The van der Waals surface area contributed by atoms with Gasteiger partial charge < -0.3 is 14.8 Å². The minimum Gasteiger partial charge on any atom is -0.380 e. The van der Waals surface area contributed by atoms with Crippen molar-refractivity contribution in [1.29, 1.82) is 0 Å². The average Bonchev–Trinajstić information content (AvgIpc) is 2.33. The molecule has 2 fully saturated rings. The first-order chi connectivity index (χ1) is 8.18. The minimum atomic E-state index is 0.146. The van der Waals surface area contributed by atoms with E-state index in [2.05, 4.69) is 12.2 Å². The lowest BCUT2D eigenvalue weighted by atomic mass is 9.89. The monoisotopic (exact) mass is 241 g/mol. The van der Waals surface area contributed by atoms with Gasteiger partial charge in [0, 0.05) is 25.0 Å². The van der Waals surface area contributed by atoms with Crippen molar-refractivity contribution in [1.82, 2.24) is 5.32 Å². The molecule has 2 aliphatic heterocycles. The summed E-state index contributed by atoms with van der Waals surface area (Å²) in [6, 6.07) is 0. The van der Waals surface area contributed by atoms with E-state index in [0.717, 1.165) is 39.2 Å². The van der Waals surface area contributed by atoms with Crippen molar-refractivity contribution in [3.8, 4) is 0 Å². The average molecular weight is 241 g/mol. The van der Waals surface area contributed by atoms with Crippen molar-refractivity contribution in [2.75, 3.05) is 26.4 Å². The van der Waals surface area contributed by atoms with Crippen LogP contribution in [0.1, 0.15) is 39.0 Å². The van der Waals surface area contributed by atoms with E-state index in [1.807, 2.05) is 0 Å². The van der Waals surface area contributed by atoms with Crippen molar-refractivity contribution in [3.05, 3.63) is 0 Å². The number of ether oxygens (including phenoxy) is 2. The van der Waals surface area contributed by atoms with Gasteiger partial charge in [0.05, 0.1) is 19.3 Å². The van der Waals surface area contributed by atoms with Gasteiger partial charge in [0.2, 0.25) is 5.91 Å². The minimum absolute atomic E-state index is 0.146. The molecule has 1 amide bonds. The van der Waals surface area contributed by atoms with E-state index in [9.17, 15) is 4.79 Å². The Bertz CT molecular complexity index is 257. The first-order valence-corrected chi connectivity index (χ1v) is 6.64. The third-order valence-electron chi connectivity index (χ3n) is 3.58. The van der Waals surface area contributed by atoms with E-state index >= 15 is 0 Å². The summed E-state index contributed by atoms with van der Waals surface area (Å²) in [4.78, 5) is 11.7. The van der Waals surface area contributed by atoms with Gasteiger partial charge in [-0.15, -0.1) is 0 Å². The van der Waals surface area contributed by atoms with Crippen molar-refractivity contribution in [2.45, 2.75) is 45.1 Å². The molecule has 2 heterocycles. The molecule has 0 aromatic heterocycles. The van der Waals surface area contributed by atoms with Gasteiger partial charge in [0.25, 0.3) is 0 Å². The predicted molar refractivity (Wildman–Crippen MR) is 64.8 cm³/mol. The molecule has 4 nitrogen and oxygen atoms in total. The second kappa shape index (κ2) is 5.83. The molecule has 0 aromatic carbocycles. The normalized spacial score (nSPS) is 27.2. The second-order valence-electron chi connectivity index (χ2n) is 5.61. The summed E-state index contributed by atoms with van der Waals surface area (Å²) in [5.74, 6) is 0.146. The summed E-state index contributed by atoms with van der Waals surface area (Å²) >= 11 is 0. The van der Waals surface area contributed by atoms with E-state index in [1.54, 1.807) is 0 Å². The molecule has 0 radical (unpaired) electrons. The number of hydrogen-bond donors (Lipinski definition) is 1. The lowest BCUT2D eigenvalue weighted by Gasteiger charge is -2.38. The highest BCUT2D eigenvalue weighted by atomic mass is 16.5. The molecule has 0 saturated carbocycles. The molecule has 1 N–H and O–H groups in total. The van der Waals surface area contributed by atoms with Gasteiger partial charge in [-0.25, -0.2) is 0 Å². The van der Waals surface area contributed by atoms with Gasteiger partial charge in [-0.05, 0) is 25.7 Å². The van der Waals surface area contributed by atoms with Crippen molar-refractivity contribution in [3.63, 3.8) is 0 Å². The highest BCUT2D eigenvalue weighted by Crippen LogP contribution is 2.25. The van der Waals surface area contributed by atoms with E-state index in [1.165, 1.54) is 12.8 Å². The third kappa shape index (κ3) is 3.96. The van der Waals surface area contributed by atoms with Crippen molar-refractivity contribution >= 4 is 5.91 Å². The summed E-state index contributed by atoms with van der Waals surface area (Å²) in [5.41, 5.74) is 0.164. The van der Waals surface area contributed by atoms with Crippen LogP contribution >= 0.6 is 0 Å². The Morgan fingerprint density at radius 1 is 1.41 bits per heavy atom. The Hall–Kier alpha value is -0.610. The number of rotatable bonds is 5. The molecule has 98 valence electrons. The van der Waals surface area contributed by atoms with Gasteiger partial charge in [-0.1, -0.05) is 6.92 Å². The molecule has 0 aliphatic carbocycles. The Kier molecular flexibility index (Phi) is 4.40. The smallest absolute Gasteiger partial charge is 0.220 e. The number of hydrogen-bond acceptors (Lipinski definition) is 3. The molecule has 0 aromatic rings. The third-order valence-corrected chi connectivity index (χ3v) is 3.58. The summed E-state index contributed by atoms with van der Waals surface area (Å²) in [6.07, 6.45) is 5.26. The molecule has 2 rings (SSSR count). The quantitative estimate of drug-likeness (QED) is 0.793. The van der Waals surface area contributed by atoms with Crippen LogP contribution in [0.3, 0.4) is 0 Å². The summed E-state index contributed by atoms with van der Waals surface area (Å²) in [5, 5.41) is 2.99. The number of nitrogens with one attached hydrogen (secondary N) is 1. The van der Waals surface area contributed by atoms with E-state index in [-0.39, 0.29) is 11.3 Å². The fourth-order valence-electron chi connectivity index (χ4n) is 2.28. The van der Waals surface area contributed by atoms with E-state index in [4.69, 9.17) is 9.47 Å². The van der Waals surface area contributed by atoms with Crippen LogP contribution in [0.25, 0.3) is 0 Å². The molecule has 2 saturated heterocycles. The Labute approximate surface area is 103 Å². The van der Waals surface area contributed by atoms with Crippen LogP contribution in [0, 0.1) is 5.41 Å². The summed E-state index contributed by atoms with van der Waals surface area (Å²) in [6.45, 7) is 5.26. The van der Waals surface area contributed by atoms with Crippen molar-refractivity contribution < 1.29 is 14.3 Å². The maximum atomic E-state index is 11.7. The van der Waals surface area contributed by atoms with Crippen LogP contribution in [0.4, 0.5) is 0 Å². The van der Waals surface area contributed by atoms with Gasteiger partial charge in [0.15, 0.2) is 0 Å². The van der Waals surface area contributed by atoms with Gasteiger partial charge >= 0.3 is 0 Å². The van der Waals surface area contributed by atoms with Crippen LogP contribution in [0.15, 0.2) is 0 Å². The van der Waals surface area contributed by atoms with E-state index < -0.39 is 0 Å². The molecule has 2 aliphatic rings. The Morgan fingerprint density at radius 3 is 2.82 bits per heavy atom. The van der Waals surface area contributed by atoms with Crippen molar-refractivity contribution in [2.24, 2.45) is 5.41 Å². The first-order valence-electron chi connectivity index (χ1n) is 6.64. The molecule has 1 unspecified atom stereocenters. The highest BCUT2D eigenvalue weighted by Gasteiger charge is 2.33. The fourth-order valence-corrected chi connectivity index (χ4v) is 2.28. The maximum absolute atomic E-state index is 11.7. The molecule has 0 bridgehead atoms. The van der Waals surface area contributed by atoms with Gasteiger partial charge in [-0.3, -0.25) is 4.79 Å². The van der Waals surface area contributed by atoms with Crippen LogP contribution in [0.5, 0.6) is 0 Å². The lowest BCUT2D eigenvalue weighted by molar-refractivity contribution is -0.127. The largest absolute Gasteiger partial charge is 0.380 e. The molecular weight excluding hydrogens is 218 g/mol. The zero-order valence-electron chi connectivity index (χ0n) is 10.7. The Morgan fingerprint density at radius 2 is 2.24 bits per heavy atom. The fraction of sp³-hybridized carbons (Fsp3) is 0.923.